The number of rotatable bonds is 3. The summed E-state index contributed by atoms with van der Waals surface area (Å²) in [5.74, 6) is 0. The van der Waals surface area contributed by atoms with Crippen LogP contribution in [0.25, 0.3) is 0 Å². The molecule has 0 radical (unpaired) electrons. The summed E-state index contributed by atoms with van der Waals surface area (Å²) in [6, 6.07) is 6.52. The normalized spacial score (nSPS) is 12.9. The van der Waals surface area contributed by atoms with Crippen molar-refractivity contribution in [1.82, 2.24) is 0 Å². The van der Waals surface area contributed by atoms with Gasteiger partial charge in [-0.25, -0.2) is 0 Å². The molecule has 0 aromatic heterocycles. The predicted molar refractivity (Wildman–Crippen MR) is 56.6 cm³/mol. The van der Waals surface area contributed by atoms with Crippen molar-refractivity contribution in [3.8, 4) is 0 Å². The average molecular weight is 178 g/mol. The third-order valence-corrected chi connectivity index (χ3v) is 2.28. The van der Waals surface area contributed by atoms with Crippen LogP contribution in [0.15, 0.2) is 18.2 Å². The van der Waals surface area contributed by atoms with Gasteiger partial charge in [0.25, 0.3) is 0 Å². The van der Waals surface area contributed by atoms with Crippen molar-refractivity contribution in [2.24, 2.45) is 11.5 Å². The maximum Gasteiger partial charge on any atom is 0.0204 e. The van der Waals surface area contributed by atoms with E-state index in [-0.39, 0.29) is 6.04 Å². The van der Waals surface area contributed by atoms with Crippen LogP contribution in [0.1, 0.15) is 16.7 Å². The van der Waals surface area contributed by atoms with Gasteiger partial charge in [-0.05, 0) is 31.4 Å². The number of benzene rings is 1. The highest BCUT2D eigenvalue weighted by Crippen LogP contribution is 2.11. The average Bonchev–Trinajstić information content (AvgIpc) is 2.09. The molecule has 2 heteroatoms. The Morgan fingerprint density at radius 3 is 2.54 bits per heavy atom. The second-order valence-electron chi connectivity index (χ2n) is 3.63. The molecule has 0 aliphatic rings. The van der Waals surface area contributed by atoms with E-state index in [9.17, 15) is 0 Å². The van der Waals surface area contributed by atoms with Gasteiger partial charge in [0.2, 0.25) is 0 Å². The van der Waals surface area contributed by atoms with Crippen LogP contribution in [0.2, 0.25) is 0 Å². The summed E-state index contributed by atoms with van der Waals surface area (Å²) in [6.45, 7) is 4.76. The molecule has 13 heavy (non-hydrogen) atoms. The van der Waals surface area contributed by atoms with Crippen LogP contribution < -0.4 is 11.5 Å². The summed E-state index contributed by atoms with van der Waals surface area (Å²) in [5, 5.41) is 0. The molecule has 1 aromatic carbocycles. The molecule has 1 rings (SSSR count). The van der Waals surface area contributed by atoms with E-state index in [0.717, 1.165) is 6.42 Å². The zero-order valence-electron chi connectivity index (χ0n) is 8.38. The van der Waals surface area contributed by atoms with Gasteiger partial charge in [0.15, 0.2) is 0 Å². The van der Waals surface area contributed by atoms with Crippen LogP contribution in [-0.4, -0.2) is 12.6 Å². The fourth-order valence-corrected chi connectivity index (χ4v) is 1.44. The van der Waals surface area contributed by atoms with Crippen molar-refractivity contribution >= 4 is 0 Å². The lowest BCUT2D eigenvalue weighted by Crippen LogP contribution is -2.31. The standard InChI is InChI=1S/C11H18N2/c1-8-3-4-10(9(2)5-8)6-11(13)7-12/h3-5,11H,6-7,12-13H2,1-2H3. The zero-order valence-corrected chi connectivity index (χ0v) is 8.38. The Kier molecular flexibility index (Phi) is 3.46. The van der Waals surface area contributed by atoms with Gasteiger partial charge in [0, 0.05) is 12.6 Å². The van der Waals surface area contributed by atoms with Crippen molar-refractivity contribution in [3.63, 3.8) is 0 Å². The van der Waals surface area contributed by atoms with Crippen molar-refractivity contribution in [3.05, 3.63) is 34.9 Å². The largest absolute Gasteiger partial charge is 0.329 e. The molecule has 0 aliphatic carbocycles. The minimum atomic E-state index is 0.0846. The number of hydrogen-bond acceptors (Lipinski definition) is 2. The van der Waals surface area contributed by atoms with Crippen LogP contribution in [0, 0.1) is 13.8 Å². The van der Waals surface area contributed by atoms with E-state index in [1.54, 1.807) is 0 Å². The molecule has 0 amide bonds. The first kappa shape index (κ1) is 10.2. The molecular formula is C11H18N2. The molecule has 0 saturated heterocycles. The number of hydrogen-bond donors (Lipinski definition) is 2. The first-order valence-electron chi connectivity index (χ1n) is 4.65. The lowest BCUT2D eigenvalue weighted by atomic mass is 10.00. The van der Waals surface area contributed by atoms with Crippen molar-refractivity contribution < 1.29 is 0 Å². The first-order valence-corrected chi connectivity index (χ1v) is 4.65. The Hall–Kier alpha value is -0.860. The Balaban J connectivity index is 2.77. The molecule has 0 fully saturated rings. The maximum atomic E-state index is 5.79. The summed E-state index contributed by atoms with van der Waals surface area (Å²) < 4.78 is 0. The van der Waals surface area contributed by atoms with Gasteiger partial charge in [-0.2, -0.15) is 0 Å². The molecule has 0 aliphatic heterocycles. The quantitative estimate of drug-likeness (QED) is 0.729. The minimum Gasteiger partial charge on any atom is -0.329 e. The predicted octanol–water partition coefficient (Wildman–Crippen LogP) is 1.13. The second kappa shape index (κ2) is 4.40. The van der Waals surface area contributed by atoms with Crippen LogP contribution in [0.4, 0.5) is 0 Å². The molecule has 1 atom stereocenters. The number of aryl methyl sites for hydroxylation is 2. The smallest absolute Gasteiger partial charge is 0.0204 e. The van der Waals surface area contributed by atoms with E-state index < -0.39 is 0 Å². The Morgan fingerprint density at radius 2 is 2.00 bits per heavy atom. The van der Waals surface area contributed by atoms with Gasteiger partial charge in [0.05, 0.1) is 0 Å². The van der Waals surface area contributed by atoms with E-state index in [2.05, 4.69) is 32.0 Å². The summed E-state index contributed by atoms with van der Waals surface area (Å²) in [6.07, 6.45) is 0.878. The minimum absolute atomic E-state index is 0.0846. The third-order valence-electron chi connectivity index (χ3n) is 2.28. The molecule has 1 aromatic rings. The van der Waals surface area contributed by atoms with Crippen molar-refractivity contribution in [2.45, 2.75) is 26.3 Å². The fraction of sp³-hybridized carbons (Fsp3) is 0.455. The Morgan fingerprint density at radius 1 is 1.31 bits per heavy atom. The molecule has 4 N–H and O–H groups in total. The summed E-state index contributed by atoms with van der Waals surface area (Å²) >= 11 is 0. The van der Waals surface area contributed by atoms with Crippen LogP contribution in [0.5, 0.6) is 0 Å². The van der Waals surface area contributed by atoms with E-state index in [1.165, 1.54) is 16.7 Å². The Bertz CT molecular complexity index is 281. The molecule has 72 valence electrons. The molecule has 2 nitrogen and oxygen atoms in total. The van der Waals surface area contributed by atoms with Crippen LogP contribution in [-0.2, 0) is 6.42 Å². The van der Waals surface area contributed by atoms with Gasteiger partial charge in [-0.1, -0.05) is 23.8 Å². The van der Waals surface area contributed by atoms with E-state index in [4.69, 9.17) is 11.5 Å². The third kappa shape index (κ3) is 2.83. The first-order chi connectivity index (χ1) is 6.13. The molecule has 0 bridgehead atoms. The molecular weight excluding hydrogens is 160 g/mol. The zero-order chi connectivity index (χ0) is 9.84. The van der Waals surface area contributed by atoms with Gasteiger partial charge in [0.1, 0.15) is 0 Å². The highest BCUT2D eigenvalue weighted by molar-refractivity contribution is 5.30. The summed E-state index contributed by atoms with van der Waals surface area (Å²) in [7, 11) is 0. The molecule has 0 saturated carbocycles. The van der Waals surface area contributed by atoms with Gasteiger partial charge in [-0.3, -0.25) is 0 Å². The monoisotopic (exact) mass is 178 g/mol. The van der Waals surface area contributed by atoms with Gasteiger partial charge >= 0.3 is 0 Å². The van der Waals surface area contributed by atoms with E-state index in [1.807, 2.05) is 0 Å². The number of nitrogens with two attached hydrogens (primary N) is 2. The second-order valence-corrected chi connectivity index (χ2v) is 3.63. The molecule has 0 heterocycles. The fourth-order valence-electron chi connectivity index (χ4n) is 1.44. The molecule has 0 spiro atoms. The lowest BCUT2D eigenvalue weighted by Gasteiger charge is -2.11. The van der Waals surface area contributed by atoms with Crippen LogP contribution >= 0.6 is 0 Å². The van der Waals surface area contributed by atoms with Gasteiger partial charge in [-0.15, -0.1) is 0 Å². The van der Waals surface area contributed by atoms with E-state index >= 15 is 0 Å². The van der Waals surface area contributed by atoms with Crippen molar-refractivity contribution in [2.75, 3.05) is 6.54 Å². The summed E-state index contributed by atoms with van der Waals surface area (Å²) in [5.41, 5.74) is 15.2. The summed E-state index contributed by atoms with van der Waals surface area (Å²) in [4.78, 5) is 0. The highest BCUT2D eigenvalue weighted by Gasteiger charge is 2.03. The van der Waals surface area contributed by atoms with Crippen LogP contribution in [0.3, 0.4) is 0 Å². The lowest BCUT2D eigenvalue weighted by molar-refractivity contribution is 0.676. The van der Waals surface area contributed by atoms with Gasteiger partial charge < -0.3 is 11.5 Å². The Labute approximate surface area is 79.9 Å². The topological polar surface area (TPSA) is 52.0 Å². The highest BCUT2D eigenvalue weighted by atomic mass is 14.7. The SMILES string of the molecule is Cc1ccc(CC(N)CN)c(C)c1. The van der Waals surface area contributed by atoms with Crippen molar-refractivity contribution in [1.29, 1.82) is 0 Å². The molecule has 1 unspecified atom stereocenters. The maximum absolute atomic E-state index is 5.79. The van der Waals surface area contributed by atoms with E-state index in [0.29, 0.717) is 6.54 Å².